The van der Waals surface area contributed by atoms with Crippen LogP contribution in [0.25, 0.3) is 22.4 Å². The summed E-state index contributed by atoms with van der Waals surface area (Å²) in [6.45, 7) is 0.641. The zero-order chi connectivity index (χ0) is 15.8. The Kier molecular flexibility index (Phi) is 3.45. The molecule has 0 spiro atoms. The van der Waals surface area contributed by atoms with Crippen LogP contribution in [0, 0.1) is 12.0 Å². The number of pyridine rings is 1. The van der Waals surface area contributed by atoms with Crippen molar-refractivity contribution in [2.45, 2.75) is 25.5 Å². The number of ether oxygens (including phenoxy) is 1. The van der Waals surface area contributed by atoms with Crippen LogP contribution in [0.2, 0.25) is 0 Å². The van der Waals surface area contributed by atoms with Crippen molar-refractivity contribution in [1.29, 1.82) is 0 Å². The summed E-state index contributed by atoms with van der Waals surface area (Å²) in [4.78, 5) is 15.4. The van der Waals surface area contributed by atoms with Gasteiger partial charge in [-0.3, -0.25) is 4.57 Å². The summed E-state index contributed by atoms with van der Waals surface area (Å²) in [5.74, 6) is -0.727. The van der Waals surface area contributed by atoms with Gasteiger partial charge in [0.15, 0.2) is 5.65 Å². The van der Waals surface area contributed by atoms with Crippen molar-refractivity contribution in [2.24, 2.45) is 0 Å². The van der Waals surface area contributed by atoms with Gasteiger partial charge >= 0.3 is 6.08 Å². The molecule has 0 aromatic carbocycles. The third-order valence-corrected chi connectivity index (χ3v) is 3.87. The molecule has 0 aliphatic carbocycles. The molecule has 0 N–H and O–H groups in total. The Labute approximate surface area is 130 Å². The van der Waals surface area contributed by atoms with Gasteiger partial charge < -0.3 is 4.74 Å². The fourth-order valence-corrected chi connectivity index (χ4v) is 2.79. The molecule has 3 aromatic rings. The molecule has 8 heteroatoms. The summed E-state index contributed by atoms with van der Waals surface area (Å²) < 4.78 is 35.2. The second-order valence-corrected chi connectivity index (χ2v) is 5.33. The quantitative estimate of drug-likeness (QED) is 0.537. The number of nitrogens with zero attached hydrogens (tertiary/aromatic N) is 5. The minimum atomic E-state index is -0.937. The topological polar surface area (TPSA) is 65.7 Å². The SMILES string of the molecule is Fc1nc(-c2cccnc2F)c2ncn(C3CCCCO3)c2n1. The van der Waals surface area contributed by atoms with Gasteiger partial charge in [0.05, 0.1) is 11.9 Å². The van der Waals surface area contributed by atoms with E-state index in [2.05, 4.69) is 19.9 Å². The second kappa shape index (κ2) is 5.62. The Hall–Kier alpha value is -2.48. The van der Waals surface area contributed by atoms with E-state index in [-0.39, 0.29) is 17.5 Å². The van der Waals surface area contributed by atoms with Crippen molar-refractivity contribution in [3.05, 3.63) is 36.7 Å². The van der Waals surface area contributed by atoms with Gasteiger partial charge in [0, 0.05) is 12.8 Å². The van der Waals surface area contributed by atoms with E-state index in [9.17, 15) is 8.78 Å². The highest BCUT2D eigenvalue weighted by Gasteiger charge is 2.22. The van der Waals surface area contributed by atoms with E-state index in [0.29, 0.717) is 17.8 Å². The second-order valence-electron chi connectivity index (χ2n) is 5.33. The van der Waals surface area contributed by atoms with Crippen LogP contribution in [-0.2, 0) is 4.74 Å². The highest BCUT2D eigenvalue weighted by molar-refractivity contribution is 5.87. The average Bonchev–Trinajstić information content (AvgIpc) is 2.99. The fourth-order valence-electron chi connectivity index (χ4n) is 2.79. The summed E-state index contributed by atoms with van der Waals surface area (Å²) in [6, 6.07) is 3.05. The molecule has 4 heterocycles. The predicted molar refractivity (Wildman–Crippen MR) is 77.3 cm³/mol. The van der Waals surface area contributed by atoms with E-state index < -0.39 is 12.0 Å². The van der Waals surface area contributed by atoms with E-state index in [1.165, 1.54) is 18.6 Å². The van der Waals surface area contributed by atoms with Crippen LogP contribution in [0.1, 0.15) is 25.5 Å². The minimum Gasteiger partial charge on any atom is -0.358 e. The summed E-state index contributed by atoms with van der Waals surface area (Å²) in [5.41, 5.74) is 0.802. The van der Waals surface area contributed by atoms with Crippen LogP contribution < -0.4 is 0 Å². The number of hydrogen-bond acceptors (Lipinski definition) is 5. The summed E-state index contributed by atoms with van der Waals surface area (Å²) in [6.07, 6.45) is 4.49. The van der Waals surface area contributed by atoms with Crippen LogP contribution >= 0.6 is 0 Å². The first-order valence-corrected chi connectivity index (χ1v) is 7.36. The van der Waals surface area contributed by atoms with Crippen molar-refractivity contribution in [3.63, 3.8) is 0 Å². The molecule has 1 fully saturated rings. The molecular weight excluding hydrogens is 304 g/mol. The molecule has 6 nitrogen and oxygen atoms in total. The standard InChI is InChI=1S/C15H13F2N5O/c16-13-9(4-3-6-18-13)11-12-14(21-15(17)20-11)22(8-19-12)10-5-1-2-7-23-10/h3-4,6,8,10H,1-2,5,7H2. The van der Waals surface area contributed by atoms with Crippen LogP contribution in [-0.4, -0.2) is 31.1 Å². The molecule has 1 atom stereocenters. The summed E-state index contributed by atoms with van der Waals surface area (Å²) in [5, 5.41) is 0. The maximum atomic E-state index is 13.9. The van der Waals surface area contributed by atoms with Gasteiger partial charge in [-0.1, -0.05) is 0 Å². The highest BCUT2D eigenvalue weighted by atomic mass is 19.1. The lowest BCUT2D eigenvalue weighted by Crippen LogP contribution is -2.18. The number of fused-ring (bicyclic) bond motifs is 1. The largest absolute Gasteiger partial charge is 0.358 e. The van der Waals surface area contributed by atoms with Crippen molar-refractivity contribution in [1.82, 2.24) is 24.5 Å². The Morgan fingerprint density at radius 2 is 2.09 bits per heavy atom. The Bertz CT molecular complexity index is 860. The number of halogens is 2. The number of hydrogen-bond donors (Lipinski definition) is 0. The zero-order valence-corrected chi connectivity index (χ0v) is 12.1. The molecular formula is C15H13F2N5O. The molecule has 3 aromatic heterocycles. The molecule has 0 amide bonds. The van der Waals surface area contributed by atoms with Crippen LogP contribution in [0.3, 0.4) is 0 Å². The van der Waals surface area contributed by atoms with Gasteiger partial charge in [0.2, 0.25) is 5.95 Å². The van der Waals surface area contributed by atoms with Crippen LogP contribution in [0.4, 0.5) is 8.78 Å². The van der Waals surface area contributed by atoms with E-state index in [1.807, 2.05) is 0 Å². The van der Waals surface area contributed by atoms with Gasteiger partial charge in [-0.05, 0) is 31.4 Å². The van der Waals surface area contributed by atoms with Crippen molar-refractivity contribution in [3.8, 4) is 11.3 Å². The van der Waals surface area contributed by atoms with Crippen LogP contribution in [0.15, 0.2) is 24.7 Å². The Morgan fingerprint density at radius 1 is 1.17 bits per heavy atom. The lowest BCUT2D eigenvalue weighted by molar-refractivity contribution is -0.0298. The molecule has 0 bridgehead atoms. The van der Waals surface area contributed by atoms with Gasteiger partial charge in [-0.25, -0.2) is 9.97 Å². The third kappa shape index (κ3) is 2.44. The minimum absolute atomic E-state index is 0.0904. The molecule has 1 aliphatic rings. The normalized spacial score (nSPS) is 18.4. The van der Waals surface area contributed by atoms with Gasteiger partial charge in [-0.15, -0.1) is 0 Å². The number of aromatic nitrogens is 5. The summed E-state index contributed by atoms with van der Waals surface area (Å²) >= 11 is 0. The van der Waals surface area contributed by atoms with E-state index in [4.69, 9.17) is 4.74 Å². The predicted octanol–water partition coefficient (Wildman–Crippen LogP) is 2.87. The average molecular weight is 317 g/mol. The van der Waals surface area contributed by atoms with Crippen LogP contribution in [0.5, 0.6) is 0 Å². The van der Waals surface area contributed by atoms with Crippen molar-refractivity contribution < 1.29 is 13.5 Å². The van der Waals surface area contributed by atoms with E-state index >= 15 is 0 Å². The number of rotatable bonds is 2. The molecule has 4 rings (SSSR count). The molecule has 0 radical (unpaired) electrons. The van der Waals surface area contributed by atoms with E-state index in [1.54, 1.807) is 10.6 Å². The molecule has 1 aliphatic heterocycles. The maximum Gasteiger partial charge on any atom is 0.311 e. The lowest BCUT2D eigenvalue weighted by atomic mass is 10.1. The Balaban J connectivity index is 1.90. The molecule has 0 saturated carbocycles. The molecule has 1 saturated heterocycles. The van der Waals surface area contributed by atoms with Crippen molar-refractivity contribution in [2.75, 3.05) is 6.61 Å². The van der Waals surface area contributed by atoms with Crippen molar-refractivity contribution >= 4 is 11.2 Å². The summed E-state index contributed by atoms with van der Waals surface area (Å²) in [7, 11) is 0. The monoisotopic (exact) mass is 317 g/mol. The smallest absolute Gasteiger partial charge is 0.311 e. The maximum absolute atomic E-state index is 13.9. The Morgan fingerprint density at radius 3 is 2.87 bits per heavy atom. The van der Waals surface area contributed by atoms with Gasteiger partial charge in [0.25, 0.3) is 0 Å². The first-order chi connectivity index (χ1) is 11.2. The fraction of sp³-hybridized carbons (Fsp3) is 0.333. The molecule has 23 heavy (non-hydrogen) atoms. The first kappa shape index (κ1) is 14.1. The first-order valence-electron chi connectivity index (χ1n) is 7.36. The molecule has 118 valence electrons. The van der Waals surface area contributed by atoms with Gasteiger partial charge in [-0.2, -0.15) is 18.7 Å². The van der Waals surface area contributed by atoms with Gasteiger partial charge in [0.1, 0.15) is 17.4 Å². The third-order valence-electron chi connectivity index (χ3n) is 3.87. The zero-order valence-electron chi connectivity index (χ0n) is 12.1. The lowest BCUT2D eigenvalue weighted by Gasteiger charge is -2.23. The highest BCUT2D eigenvalue weighted by Crippen LogP contribution is 2.30. The number of imidazole rings is 1. The van der Waals surface area contributed by atoms with E-state index in [0.717, 1.165) is 19.3 Å². The molecule has 1 unspecified atom stereocenters.